The van der Waals surface area contributed by atoms with Crippen LogP contribution in [0.3, 0.4) is 0 Å². The first kappa shape index (κ1) is 15.1. The normalized spacial score (nSPS) is 10.5. The number of aromatic amines is 1. The second-order valence-electron chi connectivity index (χ2n) is 5.19. The lowest BCUT2D eigenvalue weighted by atomic mass is 10.1. The number of benzene rings is 1. The molecule has 1 aromatic carbocycles. The van der Waals surface area contributed by atoms with Crippen molar-refractivity contribution in [3.8, 4) is 5.75 Å². The van der Waals surface area contributed by atoms with Gasteiger partial charge in [0.1, 0.15) is 5.75 Å². The van der Waals surface area contributed by atoms with Gasteiger partial charge in [-0.05, 0) is 38.8 Å². The van der Waals surface area contributed by atoms with Gasteiger partial charge in [0.2, 0.25) is 5.91 Å². The first-order valence-corrected chi connectivity index (χ1v) is 6.99. The Morgan fingerprint density at radius 2 is 1.90 bits per heavy atom. The highest BCUT2D eigenvalue weighted by molar-refractivity contribution is 5.90. The Hall–Kier alpha value is -2.30. The van der Waals surface area contributed by atoms with Crippen LogP contribution in [0.15, 0.2) is 18.2 Å². The van der Waals surface area contributed by atoms with Crippen molar-refractivity contribution in [2.75, 3.05) is 11.9 Å². The molecule has 0 saturated heterocycles. The van der Waals surface area contributed by atoms with E-state index in [0.717, 1.165) is 28.1 Å². The Bertz CT molecular complexity index is 627. The fraction of sp³-hybridized carbons (Fsp3) is 0.375. The molecular weight excluding hydrogens is 266 g/mol. The molecule has 1 aromatic heterocycles. The number of H-pyrrole nitrogens is 1. The van der Waals surface area contributed by atoms with Gasteiger partial charge in [0, 0.05) is 11.3 Å². The molecular formula is C16H21N3O2. The lowest BCUT2D eigenvalue weighted by Crippen LogP contribution is -2.16. The quantitative estimate of drug-likeness (QED) is 0.888. The number of ether oxygens (including phenoxy) is 1. The van der Waals surface area contributed by atoms with Crippen molar-refractivity contribution in [3.05, 3.63) is 40.6 Å². The van der Waals surface area contributed by atoms with Gasteiger partial charge in [-0.2, -0.15) is 5.10 Å². The molecule has 0 aliphatic carbocycles. The van der Waals surface area contributed by atoms with Gasteiger partial charge in [-0.3, -0.25) is 9.89 Å². The van der Waals surface area contributed by atoms with Crippen LogP contribution in [0.2, 0.25) is 0 Å². The highest BCUT2D eigenvalue weighted by Gasteiger charge is 2.10. The number of amides is 1. The van der Waals surface area contributed by atoms with E-state index in [0.29, 0.717) is 18.8 Å². The van der Waals surface area contributed by atoms with E-state index >= 15 is 0 Å². The summed E-state index contributed by atoms with van der Waals surface area (Å²) in [6.07, 6.45) is 0.291. The van der Waals surface area contributed by atoms with E-state index in [1.807, 2.05) is 45.9 Å². The highest BCUT2D eigenvalue weighted by atomic mass is 16.5. The SMILES string of the molecule is Cc1cccc(C)c1OCCC(=O)Nc1n[nH]c(C)c1C. The van der Waals surface area contributed by atoms with Crippen molar-refractivity contribution in [2.24, 2.45) is 0 Å². The zero-order valence-corrected chi connectivity index (χ0v) is 12.9. The van der Waals surface area contributed by atoms with Crippen LogP contribution in [0.1, 0.15) is 28.8 Å². The number of aromatic nitrogens is 2. The molecule has 1 heterocycles. The third-order valence-electron chi connectivity index (χ3n) is 3.50. The number of hydrogen-bond acceptors (Lipinski definition) is 3. The summed E-state index contributed by atoms with van der Waals surface area (Å²) in [7, 11) is 0. The number of nitrogens with zero attached hydrogens (tertiary/aromatic N) is 1. The van der Waals surface area contributed by atoms with E-state index in [-0.39, 0.29) is 5.91 Å². The summed E-state index contributed by atoms with van der Waals surface area (Å²) in [5.74, 6) is 1.34. The predicted molar refractivity (Wildman–Crippen MR) is 82.7 cm³/mol. The second kappa shape index (κ2) is 6.43. The zero-order valence-electron chi connectivity index (χ0n) is 12.9. The maximum absolute atomic E-state index is 11.9. The van der Waals surface area contributed by atoms with E-state index < -0.39 is 0 Å². The van der Waals surface area contributed by atoms with E-state index in [1.165, 1.54) is 0 Å². The second-order valence-corrected chi connectivity index (χ2v) is 5.19. The molecule has 2 N–H and O–H groups in total. The number of aryl methyl sites for hydroxylation is 3. The van der Waals surface area contributed by atoms with Crippen LogP contribution in [0, 0.1) is 27.7 Å². The average molecular weight is 287 g/mol. The van der Waals surface area contributed by atoms with Crippen LogP contribution < -0.4 is 10.1 Å². The molecule has 21 heavy (non-hydrogen) atoms. The summed E-state index contributed by atoms with van der Waals surface area (Å²) in [5.41, 5.74) is 4.07. The number of rotatable bonds is 5. The predicted octanol–water partition coefficient (Wildman–Crippen LogP) is 3.05. The smallest absolute Gasteiger partial charge is 0.229 e. The van der Waals surface area contributed by atoms with Gasteiger partial charge in [-0.25, -0.2) is 0 Å². The van der Waals surface area contributed by atoms with E-state index in [4.69, 9.17) is 4.74 Å². The van der Waals surface area contributed by atoms with Gasteiger partial charge in [0.15, 0.2) is 5.82 Å². The van der Waals surface area contributed by atoms with Crippen LogP contribution in [0.4, 0.5) is 5.82 Å². The minimum atomic E-state index is -0.101. The fourth-order valence-corrected chi connectivity index (χ4v) is 2.07. The molecule has 0 bridgehead atoms. The monoisotopic (exact) mass is 287 g/mol. The molecule has 5 heteroatoms. The molecule has 0 unspecified atom stereocenters. The average Bonchev–Trinajstić information content (AvgIpc) is 2.74. The van der Waals surface area contributed by atoms with Gasteiger partial charge in [-0.1, -0.05) is 18.2 Å². The fourth-order valence-electron chi connectivity index (χ4n) is 2.07. The van der Waals surface area contributed by atoms with Gasteiger partial charge in [0.25, 0.3) is 0 Å². The summed E-state index contributed by atoms with van der Waals surface area (Å²) in [6.45, 7) is 8.18. The largest absolute Gasteiger partial charge is 0.493 e. The molecule has 1 amide bonds. The Labute approximate surface area is 124 Å². The van der Waals surface area contributed by atoms with Gasteiger partial charge in [-0.15, -0.1) is 0 Å². The first-order chi connectivity index (χ1) is 9.99. The molecule has 0 fully saturated rings. The van der Waals surface area contributed by atoms with Crippen molar-refractivity contribution in [1.29, 1.82) is 0 Å². The lowest BCUT2D eigenvalue weighted by Gasteiger charge is -2.11. The molecule has 0 saturated carbocycles. The van der Waals surface area contributed by atoms with Crippen LogP contribution >= 0.6 is 0 Å². The molecule has 2 aromatic rings. The standard InChI is InChI=1S/C16H21N3O2/c1-10-6-5-7-11(2)15(10)21-9-8-14(20)17-16-12(3)13(4)18-19-16/h5-7H,8-9H2,1-4H3,(H2,17,18,19,20). The molecule has 5 nitrogen and oxygen atoms in total. The van der Waals surface area contributed by atoms with Crippen molar-refractivity contribution in [2.45, 2.75) is 34.1 Å². The van der Waals surface area contributed by atoms with E-state index in [1.54, 1.807) is 0 Å². The molecule has 0 aliphatic rings. The third-order valence-corrected chi connectivity index (χ3v) is 3.50. The Balaban J connectivity index is 1.86. The van der Waals surface area contributed by atoms with Crippen molar-refractivity contribution in [3.63, 3.8) is 0 Å². The van der Waals surface area contributed by atoms with Crippen molar-refractivity contribution in [1.82, 2.24) is 10.2 Å². The van der Waals surface area contributed by atoms with Crippen LogP contribution in [-0.4, -0.2) is 22.7 Å². The van der Waals surface area contributed by atoms with Crippen LogP contribution in [-0.2, 0) is 4.79 Å². The molecule has 0 radical (unpaired) electrons. The van der Waals surface area contributed by atoms with Gasteiger partial charge < -0.3 is 10.1 Å². The zero-order chi connectivity index (χ0) is 15.4. The van der Waals surface area contributed by atoms with Crippen molar-refractivity contribution < 1.29 is 9.53 Å². The minimum absolute atomic E-state index is 0.101. The number of anilines is 1. The van der Waals surface area contributed by atoms with Gasteiger partial charge in [0.05, 0.1) is 13.0 Å². The van der Waals surface area contributed by atoms with E-state index in [9.17, 15) is 4.79 Å². The molecule has 2 rings (SSSR count). The Kier molecular flexibility index (Phi) is 4.62. The van der Waals surface area contributed by atoms with E-state index in [2.05, 4.69) is 15.5 Å². The number of carbonyl (C=O) groups is 1. The summed E-state index contributed by atoms with van der Waals surface area (Å²) in [4.78, 5) is 11.9. The van der Waals surface area contributed by atoms with Crippen LogP contribution in [0.25, 0.3) is 0 Å². The maximum Gasteiger partial charge on any atom is 0.229 e. The number of nitrogens with one attached hydrogen (secondary N) is 2. The minimum Gasteiger partial charge on any atom is -0.493 e. The highest BCUT2D eigenvalue weighted by Crippen LogP contribution is 2.22. The van der Waals surface area contributed by atoms with Crippen LogP contribution in [0.5, 0.6) is 5.75 Å². The maximum atomic E-state index is 11.9. The lowest BCUT2D eigenvalue weighted by molar-refractivity contribution is -0.116. The van der Waals surface area contributed by atoms with Gasteiger partial charge >= 0.3 is 0 Å². The Morgan fingerprint density at radius 3 is 2.48 bits per heavy atom. The summed E-state index contributed by atoms with van der Waals surface area (Å²) >= 11 is 0. The summed E-state index contributed by atoms with van der Waals surface area (Å²) in [6, 6.07) is 5.99. The Morgan fingerprint density at radius 1 is 1.24 bits per heavy atom. The molecule has 0 spiro atoms. The summed E-state index contributed by atoms with van der Waals surface area (Å²) in [5, 5.41) is 9.68. The molecule has 112 valence electrons. The number of carbonyl (C=O) groups excluding carboxylic acids is 1. The molecule has 0 aliphatic heterocycles. The molecule has 0 atom stereocenters. The number of para-hydroxylation sites is 1. The van der Waals surface area contributed by atoms with Crippen molar-refractivity contribution >= 4 is 11.7 Å². The summed E-state index contributed by atoms with van der Waals surface area (Å²) < 4.78 is 5.72. The number of hydrogen-bond donors (Lipinski definition) is 2. The first-order valence-electron chi connectivity index (χ1n) is 6.99. The third kappa shape index (κ3) is 3.62. The topological polar surface area (TPSA) is 67.0 Å².